The fourth-order valence-corrected chi connectivity index (χ4v) is 2.98. The van der Waals surface area contributed by atoms with E-state index >= 15 is 0 Å². The average Bonchev–Trinajstić information content (AvgIpc) is 3.07. The molecule has 1 saturated heterocycles. The van der Waals surface area contributed by atoms with Gasteiger partial charge in [0.1, 0.15) is 5.69 Å². The van der Waals surface area contributed by atoms with Gasteiger partial charge in [0.05, 0.1) is 22.3 Å². The molecule has 0 bridgehead atoms. The van der Waals surface area contributed by atoms with E-state index in [1.165, 1.54) is 24.3 Å². The van der Waals surface area contributed by atoms with Gasteiger partial charge in [-0.15, -0.1) is 8.98 Å². The Morgan fingerprint density at radius 2 is 2.05 bits per heavy atom. The molecular formula is C13H15FN4O2S. The van der Waals surface area contributed by atoms with Crippen molar-refractivity contribution in [3.05, 3.63) is 36.2 Å². The van der Waals surface area contributed by atoms with Crippen LogP contribution in [0, 0.1) is 0 Å². The first kappa shape index (κ1) is 14.2. The maximum absolute atomic E-state index is 12.8. The fraction of sp³-hybridized carbons (Fsp3) is 0.385. The molecule has 8 heteroatoms. The van der Waals surface area contributed by atoms with Crippen LogP contribution in [0.3, 0.4) is 0 Å². The zero-order chi connectivity index (χ0) is 15.1. The van der Waals surface area contributed by atoms with E-state index in [1.807, 2.05) is 0 Å². The number of nitrogens with one attached hydrogen (secondary N) is 1. The van der Waals surface area contributed by atoms with Gasteiger partial charge in [-0.3, -0.25) is 0 Å². The van der Waals surface area contributed by atoms with E-state index in [1.54, 1.807) is 10.9 Å². The Kier molecular flexibility index (Phi) is 3.29. The predicted octanol–water partition coefficient (Wildman–Crippen LogP) is 1.52. The Morgan fingerprint density at radius 3 is 2.62 bits per heavy atom. The van der Waals surface area contributed by atoms with Gasteiger partial charge in [-0.05, 0) is 50.6 Å². The van der Waals surface area contributed by atoms with Crippen molar-refractivity contribution < 1.29 is 12.3 Å². The lowest BCUT2D eigenvalue weighted by atomic mass is 9.97. The molecule has 1 aliphatic rings. The Balaban J connectivity index is 1.90. The highest BCUT2D eigenvalue weighted by Crippen LogP contribution is 2.28. The van der Waals surface area contributed by atoms with Crippen molar-refractivity contribution in [2.24, 2.45) is 0 Å². The minimum Gasteiger partial charge on any atom is -0.306 e. The molecule has 0 unspecified atom stereocenters. The Hall–Kier alpha value is -1.80. The highest BCUT2D eigenvalue weighted by atomic mass is 32.3. The lowest BCUT2D eigenvalue weighted by Gasteiger charge is -2.20. The number of halogens is 1. The molecule has 2 aromatic rings. The van der Waals surface area contributed by atoms with Crippen molar-refractivity contribution in [3.63, 3.8) is 0 Å². The Bertz CT molecular complexity index is 749. The summed E-state index contributed by atoms with van der Waals surface area (Å²) in [6, 6.07) is 5.41. The van der Waals surface area contributed by atoms with Gasteiger partial charge in [0.25, 0.3) is 0 Å². The van der Waals surface area contributed by atoms with Crippen LogP contribution in [0.1, 0.15) is 25.5 Å². The maximum atomic E-state index is 12.8. The summed E-state index contributed by atoms with van der Waals surface area (Å²) in [6.45, 7) is 3.03. The summed E-state index contributed by atoms with van der Waals surface area (Å²) < 4.78 is 36.0. The van der Waals surface area contributed by atoms with Crippen molar-refractivity contribution in [1.82, 2.24) is 20.3 Å². The summed E-state index contributed by atoms with van der Waals surface area (Å²) in [7, 11) is -4.67. The molecule has 0 radical (unpaired) electrons. The molecule has 0 spiro atoms. The molecule has 3 rings (SSSR count). The Morgan fingerprint density at radius 1 is 1.33 bits per heavy atom. The number of hydrogen-bond donors (Lipinski definition) is 1. The van der Waals surface area contributed by atoms with Gasteiger partial charge in [-0.2, -0.15) is 8.42 Å². The minimum absolute atomic E-state index is 0.180. The number of hydrogen-bond acceptors (Lipinski definition) is 5. The van der Waals surface area contributed by atoms with Crippen LogP contribution < -0.4 is 5.32 Å². The highest BCUT2D eigenvalue weighted by molar-refractivity contribution is 7.86. The molecule has 6 nitrogen and oxygen atoms in total. The molecule has 2 heterocycles. The van der Waals surface area contributed by atoms with Gasteiger partial charge in [0.2, 0.25) is 0 Å². The lowest BCUT2D eigenvalue weighted by molar-refractivity contribution is 0.421. The van der Waals surface area contributed by atoms with E-state index in [-0.39, 0.29) is 10.4 Å². The van der Waals surface area contributed by atoms with E-state index in [0.29, 0.717) is 5.69 Å². The molecule has 0 amide bonds. The van der Waals surface area contributed by atoms with Crippen LogP contribution in [0.15, 0.2) is 35.4 Å². The van der Waals surface area contributed by atoms with Gasteiger partial charge in [-0.1, -0.05) is 5.21 Å². The molecule has 1 aromatic carbocycles. The summed E-state index contributed by atoms with van der Waals surface area (Å²) in [6.07, 6.45) is 3.88. The van der Waals surface area contributed by atoms with Crippen molar-refractivity contribution in [1.29, 1.82) is 0 Å². The monoisotopic (exact) mass is 310 g/mol. The normalized spacial score (nSPS) is 22.6. The van der Waals surface area contributed by atoms with Crippen LogP contribution in [0.25, 0.3) is 5.69 Å². The highest BCUT2D eigenvalue weighted by Gasteiger charge is 2.32. The van der Waals surface area contributed by atoms with Crippen LogP contribution in [-0.2, 0) is 15.8 Å². The summed E-state index contributed by atoms with van der Waals surface area (Å²) >= 11 is 0. The molecule has 21 heavy (non-hydrogen) atoms. The van der Waals surface area contributed by atoms with Gasteiger partial charge < -0.3 is 5.32 Å². The van der Waals surface area contributed by atoms with E-state index < -0.39 is 10.2 Å². The third-order valence-electron chi connectivity index (χ3n) is 3.81. The van der Waals surface area contributed by atoms with Gasteiger partial charge in [0, 0.05) is 0 Å². The summed E-state index contributed by atoms with van der Waals surface area (Å²) in [5, 5.41) is 11.6. The van der Waals surface area contributed by atoms with Crippen LogP contribution in [0.5, 0.6) is 0 Å². The van der Waals surface area contributed by atoms with Crippen LogP contribution in [-0.4, -0.2) is 30.0 Å². The molecule has 1 atom stereocenters. The zero-order valence-corrected chi connectivity index (χ0v) is 12.3. The van der Waals surface area contributed by atoms with Crippen molar-refractivity contribution in [2.75, 3.05) is 6.54 Å². The third-order valence-corrected chi connectivity index (χ3v) is 4.65. The van der Waals surface area contributed by atoms with E-state index in [4.69, 9.17) is 0 Å². The fourth-order valence-electron chi connectivity index (χ4n) is 2.52. The third kappa shape index (κ3) is 2.68. The molecule has 0 aliphatic carbocycles. The first-order valence-corrected chi connectivity index (χ1v) is 8.00. The summed E-state index contributed by atoms with van der Waals surface area (Å²) in [5.41, 5.74) is 1.28. The van der Waals surface area contributed by atoms with Crippen LogP contribution in [0.4, 0.5) is 3.89 Å². The van der Waals surface area contributed by atoms with Gasteiger partial charge in [-0.25, -0.2) is 4.68 Å². The predicted molar refractivity (Wildman–Crippen MR) is 74.2 cm³/mol. The largest absolute Gasteiger partial charge is 0.332 e. The molecule has 112 valence electrons. The van der Waals surface area contributed by atoms with Gasteiger partial charge in [0.15, 0.2) is 0 Å². The van der Waals surface area contributed by atoms with Crippen molar-refractivity contribution in [2.45, 2.75) is 30.2 Å². The zero-order valence-electron chi connectivity index (χ0n) is 11.5. The van der Waals surface area contributed by atoms with Gasteiger partial charge >= 0.3 is 10.2 Å². The molecule has 1 aliphatic heterocycles. The topological polar surface area (TPSA) is 76.9 Å². The number of nitrogens with zero attached hydrogens (tertiary/aromatic N) is 3. The lowest BCUT2D eigenvalue weighted by Crippen LogP contribution is -2.33. The molecular weight excluding hydrogens is 295 g/mol. The molecule has 1 aromatic heterocycles. The second kappa shape index (κ2) is 4.88. The second-order valence-corrected chi connectivity index (χ2v) is 6.69. The number of rotatable bonds is 3. The van der Waals surface area contributed by atoms with E-state index in [9.17, 15) is 12.3 Å². The Labute approximate surface area is 122 Å². The van der Waals surface area contributed by atoms with Crippen molar-refractivity contribution in [3.8, 4) is 5.69 Å². The maximum Gasteiger partial charge on any atom is 0.332 e. The SMILES string of the molecule is C[C@]1(c2cn(-c3ccc(S(=O)(=O)F)cc3)nn2)CCCN1. The van der Waals surface area contributed by atoms with E-state index in [0.717, 1.165) is 25.1 Å². The average molecular weight is 310 g/mol. The molecule has 1 fully saturated rings. The summed E-state index contributed by atoms with van der Waals surface area (Å²) in [5.74, 6) is 0. The molecule has 0 saturated carbocycles. The minimum atomic E-state index is -4.67. The second-order valence-electron chi connectivity index (χ2n) is 5.34. The summed E-state index contributed by atoms with van der Waals surface area (Å²) in [4.78, 5) is -0.365. The smallest absolute Gasteiger partial charge is 0.306 e. The first-order chi connectivity index (χ1) is 9.88. The standard InChI is InChI=1S/C13H15FN4O2S/c1-13(7-2-8-15-13)12-9-18(17-16-12)10-3-5-11(6-4-10)21(14,19)20/h3-6,9,15H,2,7-8H2,1H3/t13-/m1/s1. The van der Waals surface area contributed by atoms with E-state index in [2.05, 4.69) is 22.6 Å². The number of aromatic nitrogens is 3. The molecule has 1 N–H and O–H groups in total. The van der Waals surface area contributed by atoms with Crippen LogP contribution in [0.2, 0.25) is 0 Å². The quantitative estimate of drug-likeness (QED) is 0.870. The van der Waals surface area contributed by atoms with Crippen molar-refractivity contribution >= 4 is 10.2 Å². The first-order valence-electron chi connectivity index (χ1n) is 6.61. The van der Waals surface area contributed by atoms with Crippen LogP contribution >= 0.6 is 0 Å². The number of benzene rings is 1.